The Kier molecular flexibility index (Phi) is 5.20. The van der Waals surface area contributed by atoms with Crippen molar-refractivity contribution in [2.45, 2.75) is 12.2 Å². The summed E-state index contributed by atoms with van der Waals surface area (Å²) in [7, 11) is 0. The Labute approximate surface area is 197 Å². The minimum Gasteiger partial charge on any atom is -0.340 e. The first kappa shape index (κ1) is 22.7. The molecule has 2 amide bonds. The lowest BCUT2D eigenvalue weighted by atomic mass is 9.98. The highest BCUT2D eigenvalue weighted by atomic mass is 35.5. The first-order chi connectivity index (χ1) is 16.5. The lowest BCUT2D eigenvalue weighted by molar-refractivity contribution is -0.137. The van der Waals surface area contributed by atoms with Gasteiger partial charge in [0.25, 0.3) is 11.8 Å². The monoisotopic (exact) mass is 507 g/mol. The highest BCUT2D eigenvalue weighted by molar-refractivity contribution is 6.31. The molecule has 3 heterocycles. The first-order valence-corrected chi connectivity index (χ1v) is 10.2. The Morgan fingerprint density at radius 1 is 1.09 bits per heavy atom. The number of nitrogens with one attached hydrogen (secondary N) is 2. The van der Waals surface area contributed by atoms with E-state index in [1.807, 2.05) is 0 Å². The highest BCUT2D eigenvalue weighted by Gasteiger charge is 2.37. The van der Waals surface area contributed by atoms with Crippen molar-refractivity contribution in [3.05, 3.63) is 93.4 Å². The topological polar surface area (TPSA) is 88.4 Å². The molecular formula is C22H11ClF5N5O2. The Morgan fingerprint density at radius 2 is 1.86 bits per heavy atom. The van der Waals surface area contributed by atoms with Crippen LogP contribution in [0.25, 0.3) is 5.65 Å². The molecule has 2 N–H and O–H groups in total. The fourth-order valence-corrected chi connectivity index (χ4v) is 4.15. The van der Waals surface area contributed by atoms with Gasteiger partial charge in [0.1, 0.15) is 23.7 Å². The van der Waals surface area contributed by atoms with Gasteiger partial charge in [0.05, 0.1) is 17.3 Å². The number of nitrogens with zero attached hydrogens (tertiary/aromatic N) is 3. The van der Waals surface area contributed by atoms with Crippen LogP contribution < -0.4 is 10.6 Å². The number of pyridine rings is 1. The molecule has 1 atom stereocenters. The summed E-state index contributed by atoms with van der Waals surface area (Å²) in [5, 5.41) is 12.8. The third-order valence-electron chi connectivity index (χ3n) is 5.42. The molecule has 2 aromatic heterocycles. The van der Waals surface area contributed by atoms with Crippen LogP contribution in [0.5, 0.6) is 0 Å². The van der Waals surface area contributed by atoms with Gasteiger partial charge in [-0.3, -0.25) is 14.0 Å². The minimum absolute atomic E-state index is 0.00310. The molecule has 5 rings (SSSR count). The average molecular weight is 508 g/mol. The quantitative estimate of drug-likeness (QED) is 0.391. The Hall–Kier alpha value is -4.06. The zero-order valence-electron chi connectivity index (χ0n) is 17.1. The van der Waals surface area contributed by atoms with E-state index in [-0.39, 0.29) is 39.2 Å². The molecule has 1 aliphatic rings. The average Bonchev–Trinajstić information content (AvgIpc) is 3.38. The lowest BCUT2D eigenvalue weighted by Gasteiger charge is -2.18. The van der Waals surface area contributed by atoms with Crippen molar-refractivity contribution in [3.63, 3.8) is 0 Å². The van der Waals surface area contributed by atoms with Crippen LogP contribution in [0.2, 0.25) is 5.02 Å². The van der Waals surface area contributed by atoms with Gasteiger partial charge in [-0.25, -0.2) is 8.78 Å². The molecular weight excluding hydrogens is 497 g/mol. The van der Waals surface area contributed by atoms with Crippen LogP contribution in [0.4, 0.5) is 27.6 Å². The number of amides is 2. The summed E-state index contributed by atoms with van der Waals surface area (Å²) in [5.74, 6) is -3.59. The normalized spacial score (nSPS) is 15.3. The van der Waals surface area contributed by atoms with Gasteiger partial charge in [-0.1, -0.05) is 11.6 Å². The van der Waals surface area contributed by atoms with Gasteiger partial charge in [-0.15, -0.1) is 10.2 Å². The van der Waals surface area contributed by atoms with Crippen molar-refractivity contribution < 1.29 is 31.5 Å². The number of carbonyl (C=O) groups is 2. The fourth-order valence-electron chi connectivity index (χ4n) is 3.93. The predicted octanol–water partition coefficient (Wildman–Crippen LogP) is 4.76. The molecule has 0 radical (unpaired) electrons. The van der Waals surface area contributed by atoms with Gasteiger partial charge in [-0.2, -0.15) is 13.2 Å². The van der Waals surface area contributed by atoms with E-state index in [2.05, 4.69) is 20.8 Å². The first-order valence-electron chi connectivity index (χ1n) is 9.84. The molecule has 0 saturated carbocycles. The molecule has 0 aliphatic carbocycles. The second-order valence-electron chi connectivity index (χ2n) is 7.63. The Balaban J connectivity index is 1.65. The van der Waals surface area contributed by atoms with Crippen LogP contribution in [-0.2, 0) is 6.18 Å². The third-order valence-corrected chi connectivity index (χ3v) is 5.76. The number of benzene rings is 2. The molecule has 0 saturated heterocycles. The van der Waals surface area contributed by atoms with E-state index < -0.39 is 46.8 Å². The standard InChI is InChI=1S/C22H11ClF5N5O2/c23-14-2-1-11(24)6-13(14)18-17-15(7-16-32-29-8-33(16)19(17)21(35)31-18)30-20(34)9-3-10(22(26,27)28)5-12(25)4-9/h1-8,18H,(H,30,34)(H,31,35). The Bertz CT molecular complexity index is 1530. The number of alkyl halides is 3. The summed E-state index contributed by atoms with van der Waals surface area (Å²) in [6.45, 7) is 0. The number of fused-ring (bicyclic) bond motifs is 3. The number of hydrogen-bond acceptors (Lipinski definition) is 4. The molecule has 1 aliphatic heterocycles. The SMILES string of the molecule is O=C(Nc1cc2nncn2c2c1C(c1cc(F)ccc1Cl)NC2=O)c1cc(F)cc(C(F)(F)F)c1. The van der Waals surface area contributed by atoms with E-state index in [0.29, 0.717) is 12.1 Å². The maximum Gasteiger partial charge on any atom is 0.416 e. The van der Waals surface area contributed by atoms with E-state index in [4.69, 9.17) is 11.6 Å². The van der Waals surface area contributed by atoms with Crippen molar-refractivity contribution in [1.82, 2.24) is 19.9 Å². The number of aromatic nitrogens is 3. The van der Waals surface area contributed by atoms with Gasteiger partial charge in [0.2, 0.25) is 0 Å². The summed E-state index contributed by atoms with van der Waals surface area (Å²) >= 11 is 6.23. The van der Waals surface area contributed by atoms with Crippen LogP contribution in [-0.4, -0.2) is 26.4 Å². The van der Waals surface area contributed by atoms with Crippen molar-refractivity contribution >= 4 is 34.7 Å². The Morgan fingerprint density at radius 3 is 2.60 bits per heavy atom. The van der Waals surface area contributed by atoms with Crippen molar-refractivity contribution in [2.75, 3.05) is 5.32 Å². The van der Waals surface area contributed by atoms with Gasteiger partial charge in [-0.05, 0) is 36.4 Å². The van der Waals surface area contributed by atoms with Gasteiger partial charge in [0.15, 0.2) is 5.65 Å². The summed E-state index contributed by atoms with van der Waals surface area (Å²) < 4.78 is 68.5. The van der Waals surface area contributed by atoms with Gasteiger partial charge in [0, 0.05) is 27.8 Å². The van der Waals surface area contributed by atoms with Gasteiger partial charge < -0.3 is 10.6 Å². The number of halogens is 6. The maximum atomic E-state index is 14.0. The minimum atomic E-state index is -4.88. The summed E-state index contributed by atoms with van der Waals surface area (Å²) in [6, 6.07) is 5.22. The highest BCUT2D eigenvalue weighted by Crippen LogP contribution is 2.40. The molecule has 4 aromatic rings. The van der Waals surface area contributed by atoms with E-state index in [1.54, 1.807) is 0 Å². The molecule has 13 heteroatoms. The number of rotatable bonds is 3. The fraction of sp³-hybridized carbons (Fsp3) is 0.0909. The number of carbonyl (C=O) groups excluding carboxylic acids is 2. The second kappa shape index (κ2) is 8.01. The van der Waals surface area contributed by atoms with E-state index in [0.717, 1.165) is 12.1 Å². The van der Waals surface area contributed by atoms with Gasteiger partial charge >= 0.3 is 6.18 Å². The molecule has 178 valence electrons. The molecule has 0 spiro atoms. The zero-order valence-corrected chi connectivity index (χ0v) is 17.9. The maximum absolute atomic E-state index is 14.0. The molecule has 35 heavy (non-hydrogen) atoms. The number of anilines is 1. The van der Waals surface area contributed by atoms with Crippen molar-refractivity contribution in [2.24, 2.45) is 0 Å². The number of hydrogen-bond donors (Lipinski definition) is 2. The molecule has 0 fully saturated rings. The lowest BCUT2D eigenvalue weighted by Crippen LogP contribution is -2.21. The molecule has 2 aromatic carbocycles. The second-order valence-corrected chi connectivity index (χ2v) is 8.04. The van der Waals surface area contributed by atoms with Crippen LogP contribution in [0, 0.1) is 11.6 Å². The summed E-state index contributed by atoms with van der Waals surface area (Å²) in [6.07, 6.45) is -3.63. The van der Waals surface area contributed by atoms with E-state index >= 15 is 0 Å². The molecule has 1 unspecified atom stereocenters. The zero-order chi connectivity index (χ0) is 25.1. The van der Waals surface area contributed by atoms with E-state index in [1.165, 1.54) is 22.9 Å². The smallest absolute Gasteiger partial charge is 0.340 e. The molecule has 7 nitrogen and oxygen atoms in total. The van der Waals surface area contributed by atoms with Crippen molar-refractivity contribution in [3.8, 4) is 0 Å². The summed E-state index contributed by atoms with van der Waals surface area (Å²) in [4.78, 5) is 25.7. The van der Waals surface area contributed by atoms with E-state index in [9.17, 15) is 31.5 Å². The largest absolute Gasteiger partial charge is 0.416 e. The van der Waals surface area contributed by atoms with Crippen LogP contribution in [0.1, 0.15) is 43.6 Å². The third kappa shape index (κ3) is 3.95. The molecule has 0 bridgehead atoms. The predicted molar refractivity (Wildman–Crippen MR) is 113 cm³/mol. The van der Waals surface area contributed by atoms with Crippen LogP contribution in [0.3, 0.4) is 0 Å². The van der Waals surface area contributed by atoms with Crippen LogP contribution >= 0.6 is 11.6 Å². The van der Waals surface area contributed by atoms with Crippen molar-refractivity contribution in [1.29, 1.82) is 0 Å². The van der Waals surface area contributed by atoms with Crippen LogP contribution in [0.15, 0.2) is 48.8 Å². The summed E-state index contributed by atoms with van der Waals surface area (Å²) in [5.41, 5.74) is -1.53.